The molecule has 0 saturated carbocycles. The average Bonchev–Trinajstić information content (AvgIpc) is 3.24. The van der Waals surface area contributed by atoms with Gasteiger partial charge in [-0.25, -0.2) is 0 Å². The molecule has 10 heteroatoms. The van der Waals surface area contributed by atoms with Crippen molar-refractivity contribution < 1.29 is 45.7 Å². The second-order valence-corrected chi connectivity index (χ2v) is 6.41. The summed E-state index contributed by atoms with van der Waals surface area (Å²) in [5.74, 6) is -0.404. The molecule has 0 aromatic heterocycles. The molecule has 0 amide bonds. The minimum Gasteiger partial charge on any atom is -0.508 e. The number of benzene rings is 2. The van der Waals surface area contributed by atoms with Crippen LogP contribution in [0.25, 0.3) is 0 Å². The molecule has 0 bridgehead atoms. The Morgan fingerprint density at radius 2 is 1.25 bits per heavy atom. The number of ether oxygens (including phenoxy) is 3. The lowest BCUT2D eigenvalue weighted by Gasteiger charge is -2.38. The van der Waals surface area contributed by atoms with Gasteiger partial charge in [0.25, 0.3) is 0 Å². The summed E-state index contributed by atoms with van der Waals surface area (Å²) in [5, 5.41) is 9.27. The number of epoxide rings is 1. The molecule has 4 rings (SSSR count). The number of halogens is 6. The zero-order chi connectivity index (χ0) is 20.3. The number of alkyl halides is 6. The third kappa shape index (κ3) is 2.78. The number of phenolic OH excluding ortho intramolecular Hbond substituents is 1. The van der Waals surface area contributed by atoms with E-state index in [0.29, 0.717) is 24.3 Å². The van der Waals surface area contributed by atoms with Crippen LogP contribution in [0.3, 0.4) is 0 Å². The fourth-order valence-corrected chi connectivity index (χ4v) is 3.24. The molecule has 2 aliphatic rings. The largest absolute Gasteiger partial charge is 0.508 e. The van der Waals surface area contributed by atoms with Crippen LogP contribution in [0.5, 0.6) is 11.5 Å². The van der Waals surface area contributed by atoms with Crippen molar-refractivity contribution in [3.63, 3.8) is 0 Å². The molecule has 2 heterocycles. The van der Waals surface area contributed by atoms with Crippen molar-refractivity contribution in [2.45, 2.75) is 36.5 Å². The topological polar surface area (TPSA) is 51.2 Å². The molecule has 4 nitrogen and oxygen atoms in total. The van der Waals surface area contributed by atoms with Gasteiger partial charge in [-0.15, -0.1) is 0 Å². The van der Waals surface area contributed by atoms with Gasteiger partial charge in [0, 0.05) is 0 Å². The molecule has 150 valence electrons. The highest BCUT2D eigenvalue weighted by molar-refractivity contribution is 5.47. The van der Waals surface area contributed by atoms with E-state index >= 15 is 0 Å². The van der Waals surface area contributed by atoms with Gasteiger partial charge in [-0.2, -0.15) is 26.3 Å². The molecule has 28 heavy (non-hydrogen) atoms. The molecule has 0 spiro atoms. The van der Waals surface area contributed by atoms with Gasteiger partial charge in [0.15, 0.2) is 12.4 Å². The molecule has 3 atom stereocenters. The third-order valence-corrected chi connectivity index (χ3v) is 4.71. The molecule has 1 N–H and O–H groups in total. The van der Waals surface area contributed by atoms with Crippen LogP contribution in [0.2, 0.25) is 0 Å². The Morgan fingerprint density at radius 3 is 1.64 bits per heavy atom. The minimum atomic E-state index is -5.70. The molecular weight excluding hydrogens is 394 g/mol. The number of aromatic hydroxyl groups is 1. The van der Waals surface area contributed by atoms with Crippen molar-refractivity contribution in [3.8, 4) is 11.5 Å². The highest BCUT2D eigenvalue weighted by Gasteiger charge is 2.72. The van der Waals surface area contributed by atoms with Gasteiger partial charge in [0.2, 0.25) is 11.7 Å². The number of hydrogen-bond donors (Lipinski definition) is 1. The van der Waals surface area contributed by atoms with Gasteiger partial charge < -0.3 is 19.3 Å². The lowest BCUT2D eigenvalue weighted by atomic mass is 9.73. The van der Waals surface area contributed by atoms with Gasteiger partial charge in [-0.1, -0.05) is 24.3 Å². The predicted molar refractivity (Wildman–Crippen MR) is 81.6 cm³/mol. The smallest absolute Gasteiger partial charge is 0.411 e. The molecule has 0 aliphatic carbocycles. The lowest BCUT2D eigenvalue weighted by molar-refractivity contribution is -0.288. The Kier molecular flexibility index (Phi) is 4.06. The maximum absolute atomic E-state index is 13.9. The molecule has 2 fully saturated rings. The quantitative estimate of drug-likeness (QED) is 0.609. The van der Waals surface area contributed by atoms with E-state index in [1.54, 1.807) is 0 Å². The van der Waals surface area contributed by atoms with Crippen molar-refractivity contribution in [2.24, 2.45) is 0 Å². The Labute approximate surface area is 154 Å². The van der Waals surface area contributed by atoms with Crippen LogP contribution in [0.15, 0.2) is 48.5 Å². The predicted octanol–water partition coefficient (Wildman–Crippen LogP) is 4.26. The Balaban J connectivity index is 1.77. The highest BCUT2D eigenvalue weighted by atomic mass is 19.4. The standard InChI is InChI=1S/C18H12F6O4/c19-17(20,21)16(18(22,23)24,9-1-5-11(25)6-2-9)10-3-7-12(8-4-10)26-14-13-15(27-13)28-14/h1-8,13-15,25H. The first kappa shape index (κ1) is 18.9. The minimum absolute atomic E-state index is 0.0478. The first-order chi connectivity index (χ1) is 13.0. The van der Waals surface area contributed by atoms with Crippen molar-refractivity contribution in [1.82, 2.24) is 0 Å². The maximum Gasteiger partial charge on any atom is 0.411 e. The first-order valence-electron chi connectivity index (χ1n) is 8.05. The fourth-order valence-electron chi connectivity index (χ4n) is 3.24. The summed E-state index contributed by atoms with van der Waals surface area (Å²) in [5.41, 5.74) is -6.36. The SMILES string of the molecule is Oc1ccc(C(c2ccc(OC3OC4OC34)cc2)(C(F)(F)F)C(F)(F)F)cc1. The van der Waals surface area contributed by atoms with Gasteiger partial charge in [0.05, 0.1) is 0 Å². The summed E-state index contributed by atoms with van der Waals surface area (Å²) in [7, 11) is 0. The van der Waals surface area contributed by atoms with Gasteiger partial charge >= 0.3 is 12.4 Å². The number of fused-ring (bicyclic) bond motifs is 1. The molecule has 0 radical (unpaired) electrons. The highest BCUT2D eigenvalue weighted by Crippen LogP contribution is 2.56. The van der Waals surface area contributed by atoms with E-state index in [1.807, 2.05) is 0 Å². The Morgan fingerprint density at radius 1 is 0.750 bits per heavy atom. The average molecular weight is 406 g/mol. The molecule has 2 aliphatic heterocycles. The summed E-state index contributed by atoms with van der Waals surface area (Å²) < 4.78 is 98.9. The van der Waals surface area contributed by atoms with Crippen LogP contribution in [0, 0.1) is 0 Å². The van der Waals surface area contributed by atoms with Crippen LogP contribution < -0.4 is 4.74 Å². The Hall–Kier alpha value is -2.46. The lowest BCUT2D eigenvalue weighted by Crippen LogP contribution is -2.54. The van der Waals surface area contributed by atoms with Crippen molar-refractivity contribution in [2.75, 3.05) is 0 Å². The zero-order valence-electron chi connectivity index (χ0n) is 13.8. The fraction of sp³-hybridized carbons (Fsp3) is 0.333. The van der Waals surface area contributed by atoms with E-state index in [1.165, 1.54) is 0 Å². The van der Waals surface area contributed by atoms with E-state index < -0.39 is 40.9 Å². The molecule has 2 saturated heterocycles. The van der Waals surface area contributed by atoms with Crippen molar-refractivity contribution in [1.29, 1.82) is 0 Å². The summed E-state index contributed by atoms with van der Waals surface area (Å²) in [6, 6.07) is 6.22. The second-order valence-electron chi connectivity index (χ2n) is 6.41. The molecular formula is C18H12F6O4. The van der Waals surface area contributed by atoms with Gasteiger partial charge in [-0.3, -0.25) is 0 Å². The van der Waals surface area contributed by atoms with E-state index in [-0.39, 0.29) is 18.1 Å². The van der Waals surface area contributed by atoms with E-state index in [2.05, 4.69) is 0 Å². The first-order valence-corrected chi connectivity index (χ1v) is 8.05. The summed E-state index contributed by atoms with van der Waals surface area (Å²) >= 11 is 0. The number of rotatable bonds is 4. The second kappa shape index (κ2) is 6.02. The van der Waals surface area contributed by atoms with Gasteiger partial charge in [-0.05, 0) is 35.4 Å². The summed E-state index contributed by atoms with van der Waals surface area (Å²) in [4.78, 5) is 0. The number of phenols is 1. The summed E-state index contributed by atoms with van der Waals surface area (Å²) in [6.45, 7) is 0. The number of hydrogen-bond acceptors (Lipinski definition) is 4. The van der Waals surface area contributed by atoms with Crippen LogP contribution in [0.1, 0.15) is 11.1 Å². The van der Waals surface area contributed by atoms with Crippen LogP contribution >= 0.6 is 0 Å². The monoisotopic (exact) mass is 406 g/mol. The molecule has 2 aromatic carbocycles. The maximum atomic E-state index is 13.9. The van der Waals surface area contributed by atoms with E-state index in [0.717, 1.165) is 24.3 Å². The summed E-state index contributed by atoms with van der Waals surface area (Å²) in [6.07, 6.45) is -12.7. The molecule has 3 unspecified atom stereocenters. The van der Waals surface area contributed by atoms with Crippen LogP contribution in [-0.4, -0.2) is 36.1 Å². The van der Waals surface area contributed by atoms with Gasteiger partial charge in [0.1, 0.15) is 11.5 Å². The Bertz CT molecular complexity index is 846. The van der Waals surface area contributed by atoms with Crippen LogP contribution in [-0.2, 0) is 14.9 Å². The normalized spacial score (nSPS) is 24.3. The zero-order valence-corrected chi connectivity index (χ0v) is 13.8. The van der Waals surface area contributed by atoms with Crippen LogP contribution in [0.4, 0.5) is 26.3 Å². The molecule has 2 aromatic rings. The van der Waals surface area contributed by atoms with E-state index in [4.69, 9.17) is 14.2 Å². The van der Waals surface area contributed by atoms with Crippen molar-refractivity contribution in [3.05, 3.63) is 59.7 Å². The van der Waals surface area contributed by atoms with Crippen molar-refractivity contribution >= 4 is 0 Å². The van der Waals surface area contributed by atoms with E-state index in [9.17, 15) is 31.4 Å². The third-order valence-electron chi connectivity index (χ3n) is 4.71.